The van der Waals surface area contributed by atoms with E-state index < -0.39 is 4.92 Å². The van der Waals surface area contributed by atoms with E-state index >= 15 is 0 Å². The van der Waals surface area contributed by atoms with Gasteiger partial charge in [0.05, 0.1) is 16.8 Å². The molecule has 0 saturated heterocycles. The van der Waals surface area contributed by atoms with Crippen LogP contribution in [0.15, 0.2) is 47.6 Å². The number of ether oxygens (including phenoxy) is 2. The Hall–Kier alpha value is -3.09. The normalized spacial score (nSPS) is 12.6. The minimum absolute atomic E-state index is 0.0419. The van der Waals surface area contributed by atoms with Crippen LogP contribution in [0.1, 0.15) is 5.56 Å². The molecule has 0 unspecified atom stereocenters. The summed E-state index contributed by atoms with van der Waals surface area (Å²) in [5.41, 5.74) is 4.36. The van der Waals surface area contributed by atoms with Crippen molar-refractivity contribution in [2.45, 2.75) is 0 Å². The molecule has 0 aromatic heterocycles. The van der Waals surface area contributed by atoms with Crippen LogP contribution < -0.4 is 14.9 Å². The summed E-state index contributed by atoms with van der Waals surface area (Å²) in [6, 6.07) is 11.5. The Balaban J connectivity index is 1.65. The van der Waals surface area contributed by atoms with Gasteiger partial charge in [-0.25, -0.2) is 0 Å². The summed E-state index contributed by atoms with van der Waals surface area (Å²) in [5, 5.41) is 14.6. The predicted octanol–water partition coefficient (Wildman–Crippen LogP) is 2.77. The summed E-state index contributed by atoms with van der Waals surface area (Å²) in [4.78, 5) is 10.1. The fraction of sp³-hybridized carbons (Fsp3) is 0.0714. The molecule has 1 aliphatic heterocycles. The van der Waals surface area contributed by atoms with Gasteiger partial charge in [0, 0.05) is 12.1 Å². The lowest BCUT2D eigenvalue weighted by Crippen LogP contribution is -1.93. The highest BCUT2D eigenvalue weighted by Gasteiger charge is 2.12. The molecule has 0 atom stereocenters. The van der Waals surface area contributed by atoms with E-state index in [1.807, 2.05) is 18.2 Å². The topological polar surface area (TPSA) is 86.0 Å². The molecule has 106 valence electrons. The maximum absolute atomic E-state index is 10.5. The third kappa shape index (κ3) is 2.92. The number of hydrazone groups is 1. The van der Waals surface area contributed by atoms with Crippen LogP contribution in [0.5, 0.6) is 11.5 Å². The second kappa shape index (κ2) is 5.49. The molecule has 1 heterocycles. The van der Waals surface area contributed by atoms with Crippen molar-refractivity contribution >= 4 is 17.6 Å². The van der Waals surface area contributed by atoms with Crippen LogP contribution in [-0.4, -0.2) is 17.9 Å². The van der Waals surface area contributed by atoms with Crippen LogP contribution >= 0.6 is 0 Å². The van der Waals surface area contributed by atoms with Gasteiger partial charge in [0.1, 0.15) is 0 Å². The van der Waals surface area contributed by atoms with Gasteiger partial charge in [-0.2, -0.15) is 5.10 Å². The van der Waals surface area contributed by atoms with Gasteiger partial charge in [-0.1, -0.05) is 0 Å². The number of benzene rings is 2. The molecule has 7 nitrogen and oxygen atoms in total. The lowest BCUT2D eigenvalue weighted by Gasteiger charge is -2.00. The molecule has 0 bridgehead atoms. The zero-order chi connectivity index (χ0) is 14.7. The third-order valence-corrected chi connectivity index (χ3v) is 2.88. The van der Waals surface area contributed by atoms with Crippen molar-refractivity contribution in [3.05, 3.63) is 58.1 Å². The minimum atomic E-state index is -0.445. The van der Waals surface area contributed by atoms with E-state index in [2.05, 4.69) is 10.5 Å². The second-order valence-corrected chi connectivity index (χ2v) is 4.29. The number of nitrogens with zero attached hydrogens (tertiary/aromatic N) is 2. The Labute approximate surface area is 120 Å². The molecule has 3 rings (SSSR count). The van der Waals surface area contributed by atoms with Crippen LogP contribution in [0, 0.1) is 10.1 Å². The van der Waals surface area contributed by atoms with E-state index in [9.17, 15) is 10.1 Å². The molecule has 0 amide bonds. The molecule has 0 saturated carbocycles. The molecule has 0 spiro atoms. The fourth-order valence-electron chi connectivity index (χ4n) is 1.83. The Bertz CT molecular complexity index is 698. The smallest absolute Gasteiger partial charge is 0.269 e. The molecular weight excluding hydrogens is 274 g/mol. The van der Waals surface area contributed by atoms with Crippen molar-refractivity contribution in [2.75, 3.05) is 12.2 Å². The van der Waals surface area contributed by atoms with Crippen LogP contribution in [0.25, 0.3) is 0 Å². The zero-order valence-corrected chi connectivity index (χ0v) is 10.9. The number of rotatable bonds is 4. The van der Waals surface area contributed by atoms with Crippen LogP contribution in [0.3, 0.4) is 0 Å². The van der Waals surface area contributed by atoms with Crippen LogP contribution in [0.4, 0.5) is 11.4 Å². The number of nitro groups is 1. The highest BCUT2D eigenvalue weighted by Crippen LogP contribution is 2.31. The third-order valence-electron chi connectivity index (χ3n) is 2.88. The highest BCUT2D eigenvalue weighted by atomic mass is 16.7. The average molecular weight is 285 g/mol. The van der Waals surface area contributed by atoms with Crippen molar-refractivity contribution in [2.24, 2.45) is 5.10 Å². The number of fused-ring (bicyclic) bond motifs is 1. The van der Waals surface area contributed by atoms with Crippen molar-refractivity contribution in [1.82, 2.24) is 0 Å². The second-order valence-electron chi connectivity index (χ2n) is 4.29. The largest absolute Gasteiger partial charge is 0.454 e. The summed E-state index contributed by atoms with van der Waals surface area (Å²) in [7, 11) is 0. The first-order chi connectivity index (χ1) is 10.2. The summed E-state index contributed by atoms with van der Waals surface area (Å²) in [6.07, 6.45) is 1.63. The van der Waals surface area contributed by atoms with Crippen LogP contribution in [-0.2, 0) is 0 Å². The number of hydrogen-bond donors (Lipinski definition) is 1. The maximum atomic E-state index is 10.5. The minimum Gasteiger partial charge on any atom is -0.454 e. The van der Waals surface area contributed by atoms with E-state index in [1.165, 1.54) is 12.1 Å². The molecule has 0 aliphatic carbocycles. The van der Waals surface area contributed by atoms with Gasteiger partial charge in [-0.3, -0.25) is 15.5 Å². The molecular formula is C14H11N3O4. The summed E-state index contributed by atoms with van der Waals surface area (Å²) >= 11 is 0. The van der Waals surface area contributed by atoms with E-state index in [0.717, 1.165) is 11.3 Å². The molecule has 1 N–H and O–H groups in total. The van der Waals surface area contributed by atoms with Crippen LogP contribution in [0.2, 0.25) is 0 Å². The fourth-order valence-corrected chi connectivity index (χ4v) is 1.83. The summed E-state index contributed by atoms with van der Waals surface area (Å²) < 4.78 is 10.5. The molecule has 0 fully saturated rings. The lowest BCUT2D eigenvalue weighted by atomic mass is 10.2. The number of nitrogens with one attached hydrogen (secondary N) is 1. The quantitative estimate of drug-likeness (QED) is 0.530. The molecule has 7 heteroatoms. The molecule has 2 aromatic rings. The molecule has 0 radical (unpaired) electrons. The first-order valence-corrected chi connectivity index (χ1v) is 6.15. The van der Waals surface area contributed by atoms with Crippen molar-refractivity contribution in [1.29, 1.82) is 0 Å². The number of nitro benzene ring substituents is 1. The van der Waals surface area contributed by atoms with Gasteiger partial charge >= 0.3 is 0 Å². The summed E-state index contributed by atoms with van der Waals surface area (Å²) in [5.74, 6) is 1.41. The summed E-state index contributed by atoms with van der Waals surface area (Å²) in [6.45, 7) is 0.233. The lowest BCUT2D eigenvalue weighted by molar-refractivity contribution is -0.384. The van der Waals surface area contributed by atoms with Gasteiger partial charge in [-0.05, 0) is 35.9 Å². The maximum Gasteiger partial charge on any atom is 0.269 e. The number of hydrogen-bond acceptors (Lipinski definition) is 6. The Morgan fingerprint density at radius 1 is 1.14 bits per heavy atom. The average Bonchev–Trinajstić information content (AvgIpc) is 2.95. The van der Waals surface area contributed by atoms with E-state index in [0.29, 0.717) is 11.4 Å². The number of anilines is 1. The predicted molar refractivity (Wildman–Crippen MR) is 76.9 cm³/mol. The molecule has 2 aromatic carbocycles. The highest BCUT2D eigenvalue weighted by molar-refractivity contribution is 5.81. The van der Waals surface area contributed by atoms with Crippen molar-refractivity contribution in [3.8, 4) is 11.5 Å². The first kappa shape index (κ1) is 12.9. The van der Waals surface area contributed by atoms with Gasteiger partial charge < -0.3 is 9.47 Å². The van der Waals surface area contributed by atoms with E-state index in [4.69, 9.17) is 9.47 Å². The standard InChI is InChI=1S/C14H11N3O4/c18-17(19)12-4-2-11(3-5-12)16-15-8-10-1-6-13-14(7-10)21-9-20-13/h1-8,16H,9H2/b15-8-. The monoisotopic (exact) mass is 285 g/mol. The van der Waals surface area contributed by atoms with Gasteiger partial charge in [0.15, 0.2) is 11.5 Å². The van der Waals surface area contributed by atoms with E-state index in [1.54, 1.807) is 18.3 Å². The Morgan fingerprint density at radius 3 is 2.67 bits per heavy atom. The number of non-ortho nitro benzene ring substituents is 1. The van der Waals surface area contributed by atoms with Crippen molar-refractivity contribution < 1.29 is 14.4 Å². The Morgan fingerprint density at radius 2 is 1.90 bits per heavy atom. The first-order valence-electron chi connectivity index (χ1n) is 6.15. The van der Waals surface area contributed by atoms with Gasteiger partial charge in [0.25, 0.3) is 5.69 Å². The molecule has 21 heavy (non-hydrogen) atoms. The van der Waals surface area contributed by atoms with E-state index in [-0.39, 0.29) is 12.5 Å². The SMILES string of the molecule is O=[N+]([O-])c1ccc(N/N=C\c2ccc3c(c2)OCO3)cc1. The zero-order valence-electron chi connectivity index (χ0n) is 10.9. The van der Waals surface area contributed by atoms with Gasteiger partial charge in [-0.15, -0.1) is 0 Å². The molecule has 1 aliphatic rings. The van der Waals surface area contributed by atoms with Gasteiger partial charge in [0.2, 0.25) is 6.79 Å². The van der Waals surface area contributed by atoms with Crippen molar-refractivity contribution in [3.63, 3.8) is 0 Å². The Kier molecular flexibility index (Phi) is 3.38.